The lowest BCUT2D eigenvalue weighted by Gasteiger charge is -2.36. The summed E-state index contributed by atoms with van der Waals surface area (Å²) in [5, 5.41) is 0. The fourth-order valence-electron chi connectivity index (χ4n) is 3.16. The zero-order chi connectivity index (χ0) is 19.2. The highest BCUT2D eigenvalue weighted by Gasteiger charge is 2.23. The number of thiophene rings is 1. The summed E-state index contributed by atoms with van der Waals surface area (Å²) in [6.45, 7) is 5.41. The molecule has 1 aromatic heterocycles. The van der Waals surface area contributed by atoms with E-state index < -0.39 is 0 Å². The molecular formula is C20H23ClN2O3S. The van der Waals surface area contributed by atoms with Gasteiger partial charge in [-0.05, 0) is 31.2 Å². The predicted molar refractivity (Wildman–Crippen MR) is 109 cm³/mol. The van der Waals surface area contributed by atoms with Gasteiger partial charge in [-0.3, -0.25) is 9.59 Å². The van der Waals surface area contributed by atoms with Gasteiger partial charge in [-0.1, -0.05) is 23.7 Å². The first-order chi connectivity index (χ1) is 13.1. The molecule has 0 aliphatic carbocycles. The first-order valence-corrected chi connectivity index (χ1v) is 10.3. The number of nitrogens with zero attached hydrogens (tertiary/aromatic N) is 2. The number of hydrogen-bond donors (Lipinski definition) is 0. The van der Waals surface area contributed by atoms with Crippen LogP contribution in [0.5, 0.6) is 5.75 Å². The van der Waals surface area contributed by atoms with Crippen LogP contribution >= 0.6 is 22.9 Å². The molecule has 1 aliphatic heterocycles. The maximum absolute atomic E-state index is 12.5. The zero-order valence-corrected chi connectivity index (χ0v) is 16.9. The standard InChI is InChI=1S/C20H23ClN2O3S/c1-2-26-17-6-4-3-5-15(17)22-11-13-23(14-12-22)20(25)10-7-16(24)18-8-9-19(21)27-18/h3-6,8-9H,2,7,10-14H2,1H3. The number of carbonyl (C=O) groups excluding carboxylic acids is 2. The van der Waals surface area contributed by atoms with Crippen LogP contribution in [0.4, 0.5) is 5.69 Å². The van der Waals surface area contributed by atoms with E-state index >= 15 is 0 Å². The second-order valence-electron chi connectivity index (χ2n) is 6.30. The molecule has 7 heteroatoms. The van der Waals surface area contributed by atoms with Gasteiger partial charge in [0.1, 0.15) is 5.75 Å². The molecule has 0 atom stereocenters. The van der Waals surface area contributed by atoms with Gasteiger partial charge < -0.3 is 14.5 Å². The molecule has 1 amide bonds. The molecule has 5 nitrogen and oxygen atoms in total. The highest BCUT2D eigenvalue weighted by atomic mass is 35.5. The molecule has 1 saturated heterocycles. The van der Waals surface area contributed by atoms with Gasteiger partial charge in [-0.2, -0.15) is 0 Å². The van der Waals surface area contributed by atoms with E-state index in [1.54, 1.807) is 12.1 Å². The molecule has 2 heterocycles. The summed E-state index contributed by atoms with van der Waals surface area (Å²) in [4.78, 5) is 29.3. The van der Waals surface area contributed by atoms with Gasteiger partial charge in [0.15, 0.2) is 5.78 Å². The van der Waals surface area contributed by atoms with Crippen molar-refractivity contribution in [3.05, 3.63) is 45.6 Å². The van der Waals surface area contributed by atoms with Crippen LogP contribution in [0.1, 0.15) is 29.4 Å². The minimum atomic E-state index is -0.0236. The predicted octanol–water partition coefficient (Wildman–Crippen LogP) is 4.11. The zero-order valence-electron chi connectivity index (χ0n) is 15.3. The summed E-state index contributed by atoms with van der Waals surface area (Å²) < 4.78 is 6.30. The number of anilines is 1. The fourth-order valence-corrected chi connectivity index (χ4v) is 4.17. The number of piperazine rings is 1. The lowest BCUT2D eigenvalue weighted by Crippen LogP contribution is -2.48. The molecule has 1 aliphatic rings. The van der Waals surface area contributed by atoms with Gasteiger partial charge >= 0.3 is 0 Å². The van der Waals surface area contributed by atoms with Crippen molar-refractivity contribution in [3.8, 4) is 5.75 Å². The molecule has 3 rings (SSSR count). The van der Waals surface area contributed by atoms with E-state index in [2.05, 4.69) is 4.90 Å². The summed E-state index contributed by atoms with van der Waals surface area (Å²) >= 11 is 7.12. The third-order valence-electron chi connectivity index (χ3n) is 4.55. The number of benzene rings is 1. The Hall–Kier alpha value is -2.05. The van der Waals surface area contributed by atoms with Crippen LogP contribution in [0.2, 0.25) is 4.34 Å². The maximum Gasteiger partial charge on any atom is 0.223 e. The van der Waals surface area contributed by atoms with Crippen LogP contribution < -0.4 is 9.64 Å². The molecule has 1 aromatic carbocycles. The maximum atomic E-state index is 12.5. The average molecular weight is 407 g/mol. The number of carbonyl (C=O) groups is 2. The Kier molecular flexibility index (Phi) is 6.74. The summed E-state index contributed by atoms with van der Waals surface area (Å²) in [6.07, 6.45) is 0.465. The SMILES string of the molecule is CCOc1ccccc1N1CCN(C(=O)CCC(=O)c2ccc(Cl)s2)CC1. The van der Waals surface area contributed by atoms with Crippen molar-refractivity contribution < 1.29 is 14.3 Å². The number of Topliss-reactive ketones (excluding diaryl/α,β-unsaturated/α-hetero) is 1. The molecule has 0 saturated carbocycles. The molecule has 0 spiro atoms. The molecule has 0 bridgehead atoms. The lowest BCUT2D eigenvalue weighted by atomic mass is 10.1. The number of halogens is 1. The molecule has 27 heavy (non-hydrogen) atoms. The van der Waals surface area contributed by atoms with E-state index in [-0.39, 0.29) is 24.5 Å². The van der Waals surface area contributed by atoms with Gasteiger partial charge in [0.2, 0.25) is 5.91 Å². The third-order valence-corrected chi connectivity index (χ3v) is 5.82. The highest BCUT2D eigenvalue weighted by molar-refractivity contribution is 7.18. The second kappa shape index (κ2) is 9.24. The smallest absolute Gasteiger partial charge is 0.223 e. The number of hydrogen-bond acceptors (Lipinski definition) is 5. The first-order valence-electron chi connectivity index (χ1n) is 9.11. The van der Waals surface area contributed by atoms with E-state index in [1.807, 2.05) is 36.1 Å². The summed E-state index contributed by atoms with van der Waals surface area (Å²) in [7, 11) is 0. The van der Waals surface area contributed by atoms with Crippen molar-refractivity contribution >= 4 is 40.3 Å². The second-order valence-corrected chi connectivity index (χ2v) is 8.01. The first kappa shape index (κ1) is 19.7. The number of ketones is 1. The van der Waals surface area contributed by atoms with Gasteiger partial charge in [0, 0.05) is 39.0 Å². The number of ether oxygens (including phenoxy) is 1. The topological polar surface area (TPSA) is 49.9 Å². The Bertz CT molecular complexity index is 800. The molecule has 1 fully saturated rings. The Labute approximate surface area is 168 Å². The van der Waals surface area contributed by atoms with Crippen LogP contribution in [-0.2, 0) is 4.79 Å². The van der Waals surface area contributed by atoms with E-state index in [0.717, 1.165) is 24.5 Å². The van der Waals surface area contributed by atoms with Crippen LogP contribution in [0.15, 0.2) is 36.4 Å². The van der Waals surface area contributed by atoms with E-state index in [9.17, 15) is 9.59 Å². The molecular weight excluding hydrogens is 384 g/mol. The van der Waals surface area contributed by atoms with Crippen molar-refractivity contribution in [2.75, 3.05) is 37.7 Å². The molecule has 0 unspecified atom stereocenters. The molecule has 144 valence electrons. The Morgan fingerprint density at radius 1 is 1.07 bits per heavy atom. The fraction of sp³-hybridized carbons (Fsp3) is 0.400. The lowest BCUT2D eigenvalue weighted by molar-refractivity contribution is -0.131. The minimum absolute atomic E-state index is 0.0236. The molecule has 2 aromatic rings. The van der Waals surface area contributed by atoms with E-state index in [1.165, 1.54) is 11.3 Å². The van der Waals surface area contributed by atoms with E-state index in [4.69, 9.17) is 16.3 Å². The van der Waals surface area contributed by atoms with E-state index in [0.29, 0.717) is 28.9 Å². The normalized spacial score (nSPS) is 14.3. The molecule has 0 N–H and O–H groups in total. The number of rotatable bonds is 7. The van der Waals surface area contributed by atoms with Crippen molar-refractivity contribution in [2.45, 2.75) is 19.8 Å². The Morgan fingerprint density at radius 2 is 1.81 bits per heavy atom. The van der Waals surface area contributed by atoms with Gasteiger partial charge in [-0.25, -0.2) is 0 Å². The monoisotopic (exact) mass is 406 g/mol. The Morgan fingerprint density at radius 3 is 2.48 bits per heavy atom. The summed E-state index contributed by atoms with van der Waals surface area (Å²) in [5.74, 6) is 0.883. The summed E-state index contributed by atoms with van der Waals surface area (Å²) in [5.41, 5.74) is 1.07. The summed E-state index contributed by atoms with van der Waals surface area (Å²) in [6, 6.07) is 11.4. The number of amides is 1. The van der Waals surface area contributed by atoms with Crippen LogP contribution in [0.3, 0.4) is 0 Å². The van der Waals surface area contributed by atoms with Gasteiger partial charge in [0.05, 0.1) is 21.5 Å². The third kappa shape index (κ3) is 5.02. The van der Waals surface area contributed by atoms with Gasteiger partial charge in [-0.15, -0.1) is 11.3 Å². The quantitative estimate of drug-likeness (QED) is 0.649. The van der Waals surface area contributed by atoms with Gasteiger partial charge in [0.25, 0.3) is 0 Å². The minimum Gasteiger partial charge on any atom is -0.492 e. The van der Waals surface area contributed by atoms with Crippen molar-refractivity contribution in [1.29, 1.82) is 0 Å². The Balaban J connectivity index is 1.50. The molecule has 0 radical (unpaired) electrons. The van der Waals surface area contributed by atoms with Crippen molar-refractivity contribution in [3.63, 3.8) is 0 Å². The number of para-hydroxylation sites is 2. The van der Waals surface area contributed by atoms with Crippen LogP contribution in [0.25, 0.3) is 0 Å². The highest BCUT2D eigenvalue weighted by Crippen LogP contribution is 2.29. The average Bonchev–Trinajstić information content (AvgIpc) is 3.13. The largest absolute Gasteiger partial charge is 0.492 e. The van der Waals surface area contributed by atoms with Crippen LogP contribution in [0, 0.1) is 0 Å². The van der Waals surface area contributed by atoms with Crippen molar-refractivity contribution in [2.24, 2.45) is 0 Å². The van der Waals surface area contributed by atoms with Crippen molar-refractivity contribution in [1.82, 2.24) is 4.90 Å². The van der Waals surface area contributed by atoms with Crippen LogP contribution in [-0.4, -0.2) is 49.4 Å².